The van der Waals surface area contributed by atoms with Crippen molar-refractivity contribution in [3.05, 3.63) is 47.4 Å². The van der Waals surface area contributed by atoms with E-state index >= 15 is 0 Å². The number of fused-ring (bicyclic) bond motifs is 1. The minimum absolute atomic E-state index is 0.113. The molecule has 1 aliphatic carbocycles. The summed E-state index contributed by atoms with van der Waals surface area (Å²) in [5.41, 5.74) is 2.71. The van der Waals surface area contributed by atoms with Gasteiger partial charge in [-0.2, -0.15) is 0 Å². The van der Waals surface area contributed by atoms with Gasteiger partial charge in [-0.25, -0.2) is 18.4 Å². The zero-order valence-electron chi connectivity index (χ0n) is 16.4. The quantitative estimate of drug-likeness (QED) is 0.514. The molecule has 30 heavy (non-hydrogen) atoms. The molecule has 0 unspecified atom stereocenters. The van der Waals surface area contributed by atoms with Gasteiger partial charge in [0.15, 0.2) is 11.5 Å². The van der Waals surface area contributed by atoms with E-state index in [4.69, 9.17) is 11.6 Å². The highest BCUT2D eigenvalue weighted by molar-refractivity contribution is 7.90. The van der Waals surface area contributed by atoms with Crippen molar-refractivity contribution < 1.29 is 13.2 Å². The lowest BCUT2D eigenvalue weighted by atomic mass is 10.1. The number of aromatic nitrogens is 3. The number of benzene rings is 1. The summed E-state index contributed by atoms with van der Waals surface area (Å²) in [6, 6.07) is 5.59. The molecule has 1 amide bonds. The molecule has 1 aromatic carbocycles. The molecule has 2 aromatic heterocycles. The number of carbonyl (C=O) groups is 1. The molecule has 4 rings (SSSR count). The van der Waals surface area contributed by atoms with E-state index < -0.39 is 9.84 Å². The summed E-state index contributed by atoms with van der Waals surface area (Å²) >= 11 is 6.38. The molecule has 8 nitrogen and oxygen atoms in total. The molecule has 158 valence electrons. The number of halogens is 1. The summed E-state index contributed by atoms with van der Waals surface area (Å²) in [6.45, 7) is 0.471. The number of imidazole rings is 1. The standard InChI is InChI=1S/C20H22ClN5O3S/c1-30(28,29)10-2-7-22-18-19-24-12-17(26(19)9-8-23-18)13-3-6-15(16(21)11-13)20(27)25-14-4-5-14/h3,6,8-9,11-12,14H,2,4-5,7,10H2,1H3,(H,22,23)(H,25,27). The molecule has 1 saturated carbocycles. The largest absolute Gasteiger partial charge is 0.367 e. The lowest BCUT2D eigenvalue weighted by Crippen LogP contribution is -2.25. The monoisotopic (exact) mass is 447 g/mol. The Morgan fingerprint density at radius 3 is 2.80 bits per heavy atom. The van der Waals surface area contributed by atoms with Crippen LogP contribution in [0.5, 0.6) is 0 Å². The first-order valence-electron chi connectivity index (χ1n) is 9.66. The third-order valence-corrected chi connectivity index (χ3v) is 6.18. The van der Waals surface area contributed by atoms with Crippen molar-refractivity contribution in [1.82, 2.24) is 19.7 Å². The van der Waals surface area contributed by atoms with Crippen molar-refractivity contribution in [2.45, 2.75) is 25.3 Å². The van der Waals surface area contributed by atoms with Crippen LogP contribution in [0, 0.1) is 0 Å². The lowest BCUT2D eigenvalue weighted by molar-refractivity contribution is 0.0951. The summed E-state index contributed by atoms with van der Waals surface area (Å²) in [6.07, 6.45) is 8.89. The van der Waals surface area contributed by atoms with E-state index in [2.05, 4.69) is 20.6 Å². The van der Waals surface area contributed by atoms with Crippen LogP contribution in [-0.4, -0.2) is 53.3 Å². The van der Waals surface area contributed by atoms with Gasteiger partial charge in [-0.1, -0.05) is 17.7 Å². The summed E-state index contributed by atoms with van der Waals surface area (Å²) in [7, 11) is -2.99. The maximum absolute atomic E-state index is 12.3. The molecule has 0 bridgehead atoms. The van der Waals surface area contributed by atoms with Crippen molar-refractivity contribution in [3.8, 4) is 11.3 Å². The first-order chi connectivity index (χ1) is 14.3. The molecule has 1 aliphatic rings. The molecule has 0 radical (unpaired) electrons. The molecule has 2 heterocycles. The van der Waals surface area contributed by atoms with E-state index in [0.29, 0.717) is 35.0 Å². The van der Waals surface area contributed by atoms with Gasteiger partial charge >= 0.3 is 0 Å². The predicted molar refractivity (Wildman–Crippen MR) is 117 cm³/mol. The summed E-state index contributed by atoms with van der Waals surface area (Å²) in [4.78, 5) is 21.1. The summed E-state index contributed by atoms with van der Waals surface area (Å²) in [5, 5.41) is 6.47. The van der Waals surface area contributed by atoms with Crippen molar-refractivity contribution in [2.75, 3.05) is 23.9 Å². The van der Waals surface area contributed by atoms with Crippen molar-refractivity contribution in [1.29, 1.82) is 0 Å². The van der Waals surface area contributed by atoms with Gasteiger partial charge in [0.25, 0.3) is 5.91 Å². The Morgan fingerprint density at radius 1 is 1.30 bits per heavy atom. The number of carbonyl (C=O) groups excluding carboxylic acids is 1. The van der Waals surface area contributed by atoms with Crippen LogP contribution >= 0.6 is 11.6 Å². The van der Waals surface area contributed by atoms with Crippen molar-refractivity contribution >= 4 is 38.8 Å². The molecular weight excluding hydrogens is 426 g/mol. The number of amides is 1. The van der Waals surface area contributed by atoms with Gasteiger partial charge in [0, 0.05) is 36.8 Å². The van der Waals surface area contributed by atoms with E-state index in [1.165, 1.54) is 6.26 Å². The molecule has 2 N–H and O–H groups in total. The molecule has 0 saturated heterocycles. The number of hydrogen-bond acceptors (Lipinski definition) is 6. The Morgan fingerprint density at radius 2 is 2.10 bits per heavy atom. The Hall–Kier alpha value is -2.65. The van der Waals surface area contributed by atoms with E-state index in [-0.39, 0.29) is 17.7 Å². The number of sulfone groups is 1. The van der Waals surface area contributed by atoms with Crippen molar-refractivity contribution in [3.63, 3.8) is 0 Å². The van der Waals surface area contributed by atoms with Crippen LogP contribution in [0.1, 0.15) is 29.6 Å². The van der Waals surface area contributed by atoms with Gasteiger partial charge in [-0.05, 0) is 31.4 Å². The molecule has 0 spiro atoms. The Balaban J connectivity index is 1.54. The smallest absolute Gasteiger partial charge is 0.253 e. The maximum Gasteiger partial charge on any atom is 0.253 e. The third-order valence-electron chi connectivity index (χ3n) is 4.83. The van der Waals surface area contributed by atoms with Crippen LogP contribution in [0.2, 0.25) is 5.02 Å². The lowest BCUT2D eigenvalue weighted by Gasteiger charge is -2.09. The predicted octanol–water partition coefficient (Wildman–Crippen LogP) is 2.79. The van der Waals surface area contributed by atoms with E-state index in [1.807, 2.05) is 10.5 Å². The van der Waals surface area contributed by atoms with Crippen LogP contribution in [-0.2, 0) is 9.84 Å². The minimum atomic E-state index is -2.99. The molecule has 0 aliphatic heterocycles. The van der Waals surface area contributed by atoms with Crippen LogP contribution in [0.15, 0.2) is 36.8 Å². The average molecular weight is 448 g/mol. The fourth-order valence-electron chi connectivity index (χ4n) is 3.15. The number of nitrogens with zero attached hydrogens (tertiary/aromatic N) is 3. The zero-order valence-corrected chi connectivity index (χ0v) is 18.0. The van der Waals surface area contributed by atoms with Gasteiger partial charge < -0.3 is 10.6 Å². The SMILES string of the molecule is CS(=O)(=O)CCCNc1nccn2c(-c3ccc(C(=O)NC4CC4)c(Cl)c3)cnc12. The molecule has 0 atom stereocenters. The first kappa shape index (κ1) is 20.6. The number of nitrogens with one attached hydrogen (secondary N) is 2. The molecule has 1 fully saturated rings. The Bertz CT molecular complexity index is 1200. The maximum atomic E-state index is 12.3. The number of rotatable bonds is 8. The fraction of sp³-hybridized carbons (Fsp3) is 0.350. The Kier molecular flexibility index (Phi) is 5.66. The highest BCUT2D eigenvalue weighted by Crippen LogP contribution is 2.28. The third kappa shape index (κ3) is 4.73. The van der Waals surface area contributed by atoms with Gasteiger partial charge in [0.1, 0.15) is 9.84 Å². The second-order valence-electron chi connectivity index (χ2n) is 7.47. The molecule has 3 aromatic rings. The highest BCUT2D eigenvalue weighted by atomic mass is 35.5. The van der Waals surface area contributed by atoms with Crippen LogP contribution < -0.4 is 10.6 Å². The van der Waals surface area contributed by atoms with Crippen LogP contribution in [0.4, 0.5) is 5.82 Å². The second kappa shape index (κ2) is 8.23. The topological polar surface area (TPSA) is 105 Å². The summed E-state index contributed by atoms with van der Waals surface area (Å²) < 4.78 is 24.4. The highest BCUT2D eigenvalue weighted by Gasteiger charge is 2.25. The summed E-state index contributed by atoms with van der Waals surface area (Å²) in [5.74, 6) is 0.530. The van der Waals surface area contributed by atoms with Crippen LogP contribution in [0.25, 0.3) is 16.9 Å². The van der Waals surface area contributed by atoms with Gasteiger partial charge in [-0.3, -0.25) is 9.20 Å². The van der Waals surface area contributed by atoms with E-state index in [0.717, 1.165) is 24.1 Å². The van der Waals surface area contributed by atoms with Gasteiger partial charge in [0.2, 0.25) is 0 Å². The second-order valence-corrected chi connectivity index (χ2v) is 10.1. The zero-order chi connectivity index (χ0) is 21.3. The molecule has 10 heteroatoms. The minimum Gasteiger partial charge on any atom is -0.367 e. The fourth-order valence-corrected chi connectivity index (χ4v) is 4.08. The Labute approximate surface area is 179 Å². The molecular formula is C20H22ClN5O3S. The van der Waals surface area contributed by atoms with Gasteiger partial charge in [0.05, 0.1) is 28.2 Å². The van der Waals surface area contributed by atoms with E-state index in [9.17, 15) is 13.2 Å². The number of hydrogen-bond donors (Lipinski definition) is 2. The number of anilines is 1. The first-order valence-corrected chi connectivity index (χ1v) is 12.1. The van der Waals surface area contributed by atoms with Crippen molar-refractivity contribution in [2.24, 2.45) is 0 Å². The van der Waals surface area contributed by atoms with E-state index in [1.54, 1.807) is 30.7 Å². The van der Waals surface area contributed by atoms with Gasteiger partial charge in [-0.15, -0.1) is 0 Å². The van der Waals surface area contributed by atoms with Crippen LogP contribution in [0.3, 0.4) is 0 Å². The average Bonchev–Trinajstić information content (AvgIpc) is 3.39. The normalized spacial score (nSPS) is 14.1.